The van der Waals surface area contributed by atoms with Crippen molar-refractivity contribution in [3.05, 3.63) is 58.3 Å². The molecule has 200 valence electrons. The topological polar surface area (TPSA) is 169 Å². The third-order valence-corrected chi connectivity index (χ3v) is 8.11. The van der Waals surface area contributed by atoms with Gasteiger partial charge in [0.1, 0.15) is 28.5 Å². The Morgan fingerprint density at radius 3 is 2.11 bits per heavy atom. The van der Waals surface area contributed by atoms with Gasteiger partial charge in [0.25, 0.3) is 0 Å². The maximum Gasteiger partial charge on any atom is 0.209 e. The van der Waals surface area contributed by atoms with Gasteiger partial charge in [-0.1, -0.05) is 24.3 Å². The van der Waals surface area contributed by atoms with Crippen molar-refractivity contribution in [1.29, 1.82) is 0 Å². The predicted octanol–water partition coefficient (Wildman–Crippen LogP) is 3.05. The van der Waals surface area contributed by atoms with Crippen LogP contribution >= 0.6 is 0 Å². The highest BCUT2D eigenvalue weighted by molar-refractivity contribution is 6.26. The van der Waals surface area contributed by atoms with Crippen molar-refractivity contribution in [1.82, 2.24) is 0 Å². The van der Waals surface area contributed by atoms with Gasteiger partial charge in [-0.25, -0.2) is 0 Å². The van der Waals surface area contributed by atoms with Crippen LogP contribution in [0.2, 0.25) is 0 Å². The zero-order valence-electron chi connectivity index (χ0n) is 21.8. The monoisotopic (exact) mass is 514 g/mol. The molecule has 0 aromatic heterocycles. The van der Waals surface area contributed by atoms with Gasteiger partial charge < -0.3 is 25.5 Å². The summed E-state index contributed by atoms with van der Waals surface area (Å²) in [5.74, 6) is -9.87. The summed E-state index contributed by atoms with van der Waals surface area (Å²) in [6.45, 7) is 8.10. The molecule has 0 aromatic carbocycles. The number of Topliss-reactive ketones (excluding diaryl/α,β-unsaturated/α-hetero) is 4. The summed E-state index contributed by atoms with van der Waals surface area (Å²) >= 11 is 0. The largest absolute Gasteiger partial charge is 0.511 e. The molecule has 0 spiro atoms. The Bertz CT molecular complexity index is 1240. The Hall–Kier alpha value is -3.30. The van der Waals surface area contributed by atoms with Crippen LogP contribution in [-0.2, 0) is 19.2 Å². The van der Waals surface area contributed by atoms with E-state index in [0.29, 0.717) is 6.42 Å². The van der Waals surface area contributed by atoms with E-state index in [9.17, 15) is 44.7 Å². The summed E-state index contributed by atoms with van der Waals surface area (Å²) in [6, 6.07) is 0. The number of allylic oxidation sites excluding steroid dienone is 6. The fraction of sp³-hybridized carbons (Fsp3) is 0.500. The highest BCUT2D eigenvalue weighted by Gasteiger charge is 2.71. The van der Waals surface area contributed by atoms with Crippen LogP contribution in [0.25, 0.3) is 0 Å². The normalized spacial score (nSPS) is 36.5. The summed E-state index contributed by atoms with van der Waals surface area (Å²) in [7, 11) is 0. The predicted molar refractivity (Wildman–Crippen MR) is 133 cm³/mol. The Balaban J connectivity index is 2.33. The van der Waals surface area contributed by atoms with Crippen molar-refractivity contribution in [2.75, 3.05) is 0 Å². The summed E-state index contributed by atoms with van der Waals surface area (Å²) in [4.78, 5) is 54.1. The van der Waals surface area contributed by atoms with Crippen molar-refractivity contribution in [3.8, 4) is 0 Å². The Morgan fingerprint density at radius 1 is 0.973 bits per heavy atom. The maximum absolute atomic E-state index is 14.1. The minimum Gasteiger partial charge on any atom is -0.511 e. The van der Waals surface area contributed by atoms with Crippen molar-refractivity contribution in [2.45, 2.75) is 65.6 Å². The van der Waals surface area contributed by atoms with Gasteiger partial charge in [-0.2, -0.15) is 0 Å². The van der Waals surface area contributed by atoms with Crippen LogP contribution in [0.4, 0.5) is 0 Å². The highest BCUT2D eigenvalue weighted by atomic mass is 16.3. The van der Waals surface area contributed by atoms with Gasteiger partial charge in [0.15, 0.2) is 23.0 Å². The van der Waals surface area contributed by atoms with Crippen LogP contribution in [0.1, 0.15) is 54.4 Å². The molecule has 1 saturated carbocycles. The Morgan fingerprint density at radius 2 is 1.57 bits per heavy atom. The first-order valence-electron chi connectivity index (χ1n) is 12.2. The van der Waals surface area contributed by atoms with Crippen LogP contribution in [0.15, 0.2) is 58.3 Å². The zero-order chi connectivity index (χ0) is 28.2. The van der Waals surface area contributed by atoms with Crippen LogP contribution in [-0.4, -0.2) is 59.9 Å². The van der Waals surface area contributed by atoms with Gasteiger partial charge in [0.2, 0.25) is 5.78 Å². The molecule has 0 heterocycles. The van der Waals surface area contributed by atoms with E-state index in [1.165, 1.54) is 26.8 Å². The van der Waals surface area contributed by atoms with Crippen LogP contribution in [0.5, 0.6) is 0 Å². The van der Waals surface area contributed by atoms with E-state index in [0.717, 1.165) is 6.92 Å². The molecule has 6 atom stereocenters. The highest BCUT2D eigenvalue weighted by Crippen LogP contribution is 2.61. The first kappa shape index (κ1) is 28.3. The molecule has 4 aliphatic rings. The van der Waals surface area contributed by atoms with E-state index in [2.05, 4.69) is 0 Å². The quantitative estimate of drug-likeness (QED) is 0.253. The fourth-order valence-corrected chi connectivity index (χ4v) is 6.06. The van der Waals surface area contributed by atoms with Gasteiger partial charge in [-0.15, -0.1) is 0 Å². The van der Waals surface area contributed by atoms with Crippen LogP contribution in [0.3, 0.4) is 0 Å². The number of aliphatic hydroxyl groups is 5. The van der Waals surface area contributed by atoms with Crippen molar-refractivity contribution in [3.63, 3.8) is 0 Å². The average Bonchev–Trinajstić information content (AvgIpc) is 2.83. The van der Waals surface area contributed by atoms with Crippen molar-refractivity contribution < 1.29 is 44.7 Å². The summed E-state index contributed by atoms with van der Waals surface area (Å²) in [5.41, 5.74) is -8.02. The third-order valence-electron chi connectivity index (χ3n) is 8.11. The lowest BCUT2D eigenvalue weighted by Crippen LogP contribution is -2.69. The molecule has 4 aliphatic carbocycles. The molecule has 0 aromatic rings. The van der Waals surface area contributed by atoms with Gasteiger partial charge in [-0.3, -0.25) is 19.2 Å². The molecular weight excluding hydrogens is 480 g/mol. The molecule has 37 heavy (non-hydrogen) atoms. The third kappa shape index (κ3) is 3.75. The summed E-state index contributed by atoms with van der Waals surface area (Å²) in [5, 5.41) is 54.3. The van der Waals surface area contributed by atoms with E-state index in [1.807, 2.05) is 0 Å². The van der Waals surface area contributed by atoms with Gasteiger partial charge in [-0.05, 0) is 48.0 Å². The second kappa shape index (κ2) is 9.22. The molecule has 0 unspecified atom stereocenters. The minimum atomic E-state index is -2.50. The number of carbonyl (C=O) groups is 4. The molecule has 9 heteroatoms. The molecule has 9 nitrogen and oxygen atoms in total. The molecule has 2 bridgehead atoms. The maximum atomic E-state index is 14.1. The number of rotatable bonds is 7. The molecule has 0 radical (unpaired) electrons. The van der Waals surface area contributed by atoms with E-state index in [-0.39, 0.29) is 17.6 Å². The molecule has 5 N–H and O–H groups in total. The second-order valence-electron chi connectivity index (χ2n) is 10.5. The smallest absolute Gasteiger partial charge is 0.209 e. The second-order valence-corrected chi connectivity index (χ2v) is 10.5. The van der Waals surface area contributed by atoms with Gasteiger partial charge >= 0.3 is 0 Å². The van der Waals surface area contributed by atoms with Crippen LogP contribution < -0.4 is 0 Å². The number of ketones is 4. The lowest BCUT2D eigenvalue weighted by Gasteiger charge is -2.57. The first-order valence-corrected chi connectivity index (χ1v) is 12.2. The number of hydrogen-bond acceptors (Lipinski definition) is 9. The van der Waals surface area contributed by atoms with E-state index < -0.39 is 80.4 Å². The Labute approximate surface area is 215 Å². The van der Waals surface area contributed by atoms with Crippen molar-refractivity contribution in [2.24, 2.45) is 23.2 Å². The number of fused-ring (bicyclic) bond motifs is 2. The lowest BCUT2D eigenvalue weighted by molar-refractivity contribution is -0.174. The van der Waals surface area contributed by atoms with Crippen LogP contribution in [0, 0.1) is 23.2 Å². The lowest BCUT2D eigenvalue weighted by atomic mass is 9.44. The Kier molecular flexibility index (Phi) is 7.05. The van der Waals surface area contributed by atoms with Crippen molar-refractivity contribution >= 4 is 23.1 Å². The minimum absolute atomic E-state index is 0.0624. The van der Waals surface area contributed by atoms with Gasteiger partial charge in [0.05, 0.1) is 5.41 Å². The van der Waals surface area contributed by atoms with E-state index in [1.54, 1.807) is 32.1 Å². The summed E-state index contributed by atoms with van der Waals surface area (Å²) < 4.78 is 0. The number of carbonyl (C=O) groups excluding carboxylic acids is 4. The number of hydrogen-bond donors (Lipinski definition) is 5. The molecule has 4 rings (SSSR count). The molecular formula is C28H34O9. The standard InChI is InChI=1S/C28H34O9/c1-7-9-10-12-15(29)17-19-16(14(11-8-2)26(4,23(17)33)25(35)27(19,5)36)21(31)18-20(30)13(3)22(32)28(6,37)24(18)34/h7-9,11,14,16,19,30,32-33,36-37H,10,12H2,1-6H3/b9-7+,11-8+/t14-,16-,19+,26-,27+,28-/m1/s1. The molecule has 1 fully saturated rings. The fourth-order valence-electron chi connectivity index (χ4n) is 6.06. The number of aliphatic hydroxyl groups excluding tert-OH is 3. The van der Waals surface area contributed by atoms with Gasteiger partial charge in [0, 0.05) is 35.3 Å². The molecule has 0 aliphatic heterocycles. The summed E-state index contributed by atoms with van der Waals surface area (Å²) in [6.07, 6.45) is 6.77. The average molecular weight is 515 g/mol. The zero-order valence-corrected chi connectivity index (χ0v) is 21.8. The molecule has 0 saturated heterocycles. The van der Waals surface area contributed by atoms with E-state index >= 15 is 0 Å². The van der Waals surface area contributed by atoms with E-state index in [4.69, 9.17) is 0 Å². The first-order chi connectivity index (χ1) is 17.0. The molecule has 0 amide bonds. The SMILES string of the molecule is C/C=C/CCC(=O)C1=C(O)[C@]2(C)C(=O)[C@@](C)(O)[C@H]1[C@H](C(=O)C1=C(O)C(C)=C(O)[C@@](C)(O)C1=O)[C@H]2/C=C/C.